The second-order valence-corrected chi connectivity index (χ2v) is 4.97. The molecule has 1 aliphatic rings. The van der Waals surface area contributed by atoms with E-state index in [1.165, 1.54) is 0 Å². The molecule has 1 aromatic carbocycles. The number of hydrogen-bond donors (Lipinski definition) is 1. The van der Waals surface area contributed by atoms with Crippen molar-refractivity contribution in [2.24, 2.45) is 0 Å². The second kappa shape index (κ2) is 6.88. The number of hydrogen-bond acceptors (Lipinski definition) is 3. The Labute approximate surface area is 109 Å². The molecular weight excluding hydrogens is 226 g/mol. The van der Waals surface area contributed by atoms with Crippen LogP contribution in [0.4, 0.5) is 0 Å². The lowest BCUT2D eigenvalue weighted by molar-refractivity contribution is -0.0440. The number of ether oxygens (including phenoxy) is 1. The van der Waals surface area contributed by atoms with Gasteiger partial charge in [-0.25, -0.2) is 0 Å². The van der Waals surface area contributed by atoms with Gasteiger partial charge in [-0.1, -0.05) is 43.7 Å². The summed E-state index contributed by atoms with van der Waals surface area (Å²) in [6.45, 7) is 5.53. The number of aliphatic hydroxyl groups is 1. The Balaban J connectivity index is 1.85. The molecule has 1 saturated heterocycles. The molecule has 2 atom stereocenters. The van der Waals surface area contributed by atoms with Crippen LogP contribution in [0.15, 0.2) is 30.3 Å². The maximum Gasteiger partial charge on any atom is 0.0916 e. The van der Waals surface area contributed by atoms with Gasteiger partial charge >= 0.3 is 0 Å². The maximum atomic E-state index is 10.2. The van der Waals surface area contributed by atoms with Crippen LogP contribution in [0, 0.1) is 0 Å². The van der Waals surface area contributed by atoms with Gasteiger partial charge in [0.1, 0.15) is 0 Å². The lowest BCUT2D eigenvalue weighted by Gasteiger charge is -2.34. The first-order valence-corrected chi connectivity index (χ1v) is 6.86. The molecule has 1 heterocycles. The zero-order valence-electron chi connectivity index (χ0n) is 11.1. The summed E-state index contributed by atoms with van der Waals surface area (Å²) in [6.07, 6.45) is 2.20. The second-order valence-electron chi connectivity index (χ2n) is 4.97. The SMILES string of the molecule is CCCC1CN(CC(O)c2ccccc2)CCO1. The fraction of sp³-hybridized carbons (Fsp3) is 0.600. The summed E-state index contributed by atoms with van der Waals surface area (Å²) in [5.74, 6) is 0. The first-order chi connectivity index (χ1) is 8.79. The Bertz CT molecular complexity index is 340. The van der Waals surface area contributed by atoms with Gasteiger partial charge in [0.05, 0.1) is 18.8 Å². The van der Waals surface area contributed by atoms with E-state index in [-0.39, 0.29) is 0 Å². The van der Waals surface area contributed by atoms with Gasteiger partial charge in [-0.3, -0.25) is 4.90 Å². The lowest BCUT2D eigenvalue weighted by atomic mass is 10.1. The predicted octanol–water partition coefficient (Wildman–Crippen LogP) is 2.22. The summed E-state index contributed by atoms with van der Waals surface area (Å²) in [5.41, 5.74) is 0.996. The Morgan fingerprint density at radius 2 is 2.17 bits per heavy atom. The fourth-order valence-corrected chi connectivity index (χ4v) is 2.47. The van der Waals surface area contributed by atoms with Crippen molar-refractivity contribution in [2.45, 2.75) is 32.0 Å². The van der Waals surface area contributed by atoms with E-state index in [9.17, 15) is 5.11 Å². The van der Waals surface area contributed by atoms with Crippen LogP contribution in [0.5, 0.6) is 0 Å². The Morgan fingerprint density at radius 1 is 1.39 bits per heavy atom. The largest absolute Gasteiger partial charge is 0.387 e. The van der Waals surface area contributed by atoms with Crippen LogP contribution in [0.2, 0.25) is 0 Å². The van der Waals surface area contributed by atoms with Gasteiger partial charge in [0.2, 0.25) is 0 Å². The van der Waals surface area contributed by atoms with Gasteiger partial charge in [0.15, 0.2) is 0 Å². The zero-order chi connectivity index (χ0) is 12.8. The molecule has 1 aromatic rings. The van der Waals surface area contributed by atoms with E-state index in [0.29, 0.717) is 12.6 Å². The van der Waals surface area contributed by atoms with Crippen molar-refractivity contribution < 1.29 is 9.84 Å². The summed E-state index contributed by atoms with van der Waals surface area (Å²) in [5, 5.41) is 10.2. The molecule has 100 valence electrons. The average Bonchev–Trinajstić information content (AvgIpc) is 2.40. The summed E-state index contributed by atoms with van der Waals surface area (Å²) < 4.78 is 5.71. The summed E-state index contributed by atoms with van der Waals surface area (Å²) in [6, 6.07) is 9.88. The van der Waals surface area contributed by atoms with Crippen molar-refractivity contribution in [3.05, 3.63) is 35.9 Å². The van der Waals surface area contributed by atoms with Crippen molar-refractivity contribution >= 4 is 0 Å². The van der Waals surface area contributed by atoms with Crippen LogP contribution in [0.1, 0.15) is 31.4 Å². The highest BCUT2D eigenvalue weighted by Gasteiger charge is 2.21. The van der Waals surface area contributed by atoms with E-state index in [0.717, 1.165) is 38.1 Å². The molecule has 2 rings (SSSR count). The molecule has 18 heavy (non-hydrogen) atoms. The molecule has 1 N–H and O–H groups in total. The van der Waals surface area contributed by atoms with Crippen molar-refractivity contribution in [3.8, 4) is 0 Å². The van der Waals surface area contributed by atoms with Crippen LogP contribution in [0.25, 0.3) is 0 Å². The summed E-state index contributed by atoms with van der Waals surface area (Å²) >= 11 is 0. The molecule has 0 spiro atoms. The highest BCUT2D eigenvalue weighted by molar-refractivity contribution is 5.17. The molecule has 3 heteroatoms. The van der Waals surface area contributed by atoms with Gasteiger partial charge in [-0.2, -0.15) is 0 Å². The molecular formula is C15H23NO2. The third-order valence-corrected chi connectivity index (χ3v) is 3.45. The normalized spacial score (nSPS) is 22.9. The topological polar surface area (TPSA) is 32.7 Å². The van der Waals surface area contributed by atoms with E-state index in [2.05, 4.69) is 11.8 Å². The fourth-order valence-electron chi connectivity index (χ4n) is 2.47. The Morgan fingerprint density at radius 3 is 2.89 bits per heavy atom. The molecule has 0 amide bonds. The first-order valence-electron chi connectivity index (χ1n) is 6.86. The van der Waals surface area contributed by atoms with Crippen LogP contribution in [-0.4, -0.2) is 42.4 Å². The third kappa shape index (κ3) is 3.80. The van der Waals surface area contributed by atoms with Gasteiger partial charge in [0.25, 0.3) is 0 Å². The lowest BCUT2D eigenvalue weighted by Crippen LogP contribution is -2.44. The molecule has 0 aliphatic carbocycles. The van der Waals surface area contributed by atoms with E-state index < -0.39 is 6.10 Å². The van der Waals surface area contributed by atoms with Gasteiger partial charge in [0, 0.05) is 19.6 Å². The third-order valence-electron chi connectivity index (χ3n) is 3.45. The van der Waals surface area contributed by atoms with Gasteiger partial charge in [-0.05, 0) is 12.0 Å². The smallest absolute Gasteiger partial charge is 0.0916 e. The van der Waals surface area contributed by atoms with Crippen molar-refractivity contribution in [1.82, 2.24) is 4.90 Å². The van der Waals surface area contributed by atoms with Crippen molar-refractivity contribution in [3.63, 3.8) is 0 Å². The summed E-state index contributed by atoms with van der Waals surface area (Å²) in [4.78, 5) is 2.31. The molecule has 0 bridgehead atoms. The van der Waals surface area contributed by atoms with Crippen molar-refractivity contribution in [1.29, 1.82) is 0 Å². The Kier molecular flexibility index (Phi) is 5.17. The van der Waals surface area contributed by atoms with Crippen LogP contribution in [-0.2, 0) is 4.74 Å². The average molecular weight is 249 g/mol. The number of aliphatic hydroxyl groups excluding tert-OH is 1. The number of β-amino-alcohol motifs (C(OH)–C–C–N with tert-alkyl or cyclic N) is 1. The van der Waals surface area contributed by atoms with E-state index in [1.54, 1.807) is 0 Å². The molecule has 1 aliphatic heterocycles. The molecule has 0 aromatic heterocycles. The Hall–Kier alpha value is -0.900. The molecule has 0 radical (unpaired) electrons. The van der Waals surface area contributed by atoms with E-state index in [4.69, 9.17) is 4.74 Å². The number of benzene rings is 1. The number of morpholine rings is 1. The van der Waals surface area contributed by atoms with Crippen LogP contribution >= 0.6 is 0 Å². The quantitative estimate of drug-likeness (QED) is 0.868. The monoisotopic (exact) mass is 249 g/mol. The van der Waals surface area contributed by atoms with Crippen molar-refractivity contribution in [2.75, 3.05) is 26.2 Å². The minimum atomic E-state index is -0.397. The number of nitrogens with zero attached hydrogens (tertiary/aromatic N) is 1. The van der Waals surface area contributed by atoms with Crippen LogP contribution < -0.4 is 0 Å². The minimum absolute atomic E-state index is 0.340. The predicted molar refractivity (Wildman–Crippen MR) is 72.5 cm³/mol. The highest BCUT2D eigenvalue weighted by atomic mass is 16.5. The maximum absolute atomic E-state index is 10.2. The minimum Gasteiger partial charge on any atom is -0.387 e. The molecule has 1 fully saturated rings. The molecule has 2 unspecified atom stereocenters. The van der Waals surface area contributed by atoms with Gasteiger partial charge < -0.3 is 9.84 Å². The standard InChI is InChI=1S/C15H23NO2/c1-2-6-14-11-16(9-10-18-14)12-15(17)13-7-4-3-5-8-13/h3-5,7-8,14-15,17H,2,6,9-12H2,1H3. The summed E-state index contributed by atoms with van der Waals surface area (Å²) in [7, 11) is 0. The molecule has 3 nitrogen and oxygen atoms in total. The van der Waals surface area contributed by atoms with Gasteiger partial charge in [-0.15, -0.1) is 0 Å². The number of rotatable bonds is 5. The van der Waals surface area contributed by atoms with E-state index in [1.807, 2.05) is 30.3 Å². The molecule has 0 saturated carbocycles. The highest BCUT2D eigenvalue weighted by Crippen LogP contribution is 2.17. The zero-order valence-corrected chi connectivity index (χ0v) is 11.1. The first kappa shape index (κ1) is 13.5. The van der Waals surface area contributed by atoms with E-state index >= 15 is 0 Å². The van der Waals surface area contributed by atoms with Crippen LogP contribution in [0.3, 0.4) is 0 Å².